The summed E-state index contributed by atoms with van der Waals surface area (Å²) in [5, 5.41) is 11.6. The molecule has 0 radical (unpaired) electrons. The molecule has 0 saturated heterocycles. The Morgan fingerprint density at radius 1 is 1.06 bits per heavy atom. The maximum atomic E-state index is 12.7. The highest BCUT2D eigenvalue weighted by atomic mass is 32.1. The molecule has 0 saturated carbocycles. The van der Waals surface area contributed by atoms with E-state index in [4.69, 9.17) is 14.2 Å². The fourth-order valence-corrected chi connectivity index (χ4v) is 3.68. The van der Waals surface area contributed by atoms with Gasteiger partial charge in [-0.05, 0) is 50.2 Å². The monoisotopic (exact) mass is 466 g/mol. The average molecular weight is 467 g/mol. The molecule has 0 aliphatic carbocycles. The van der Waals surface area contributed by atoms with Gasteiger partial charge in [-0.25, -0.2) is 4.68 Å². The summed E-state index contributed by atoms with van der Waals surface area (Å²) in [7, 11) is 3.05. The van der Waals surface area contributed by atoms with Crippen LogP contribution in [0, 0.1) is 6.92 Å². The van der Waals surface area contributed by atoms with Crippen molar-refractivity contribution in [3.63, 3.8) is 0 Å². The number of hydrogen-bond acceptors (Lipinski definition) is 9. The van der Waals surface area contributed by atoms with E-state index in [9.17, 15) is 4.79 Å². The molecule has 0 aliphatic rings. The van der Waals surface area contributed by atoms with Gasteiger partial charge in [0.25, 0.3) is 5.91 Å². The van der Waals surface area contributed by atoms with Crippen molar-refractivity contribution in [2.45, 2.75) is 13.8 Å². The van der Waals surface area contributed by atoms with E-state index in [1.54, 1.807) is 22.9 Å². The Hall–Kier alpha value is -3.99. The molecule has 2 aromatic carbocycles. The van der Waals surface area contributed by atoms with Gasteiger partial charge in [-0.3, -0.25) is 10.1 Å². The molecular formula is C22H22N6O4S. The molecule has 4 rings (SSSR count). The summed E-state index contributed by atoms with van der Waals surface area (Å²) >= 11 is 1.06. The highest BCUT2D eigenvalue weighted by Crippen LogP contribution is 2.26. The summed E-state index contributed by atoms with van der Waals surface area (Å²) in [4.78, 5) is 17.1. The molecule has 0 aliphatic heterocycles. The van der Waals surface area contributed by atoms with Crippen molar-refractivity contribution in [1.82, 2.24) is 24.4 Å². The number of nitrogens with zero attached hydrogens (tertiary/aromatic N) is 5. The number of aromatic nitrogens is 5. The summed E-state index contributed by atoms with van der Waals surface area (Å²) in [5.74, 6) is 1.84. The maximum absolute atomic E-state index is 12.7. The molecule has 4 aromatic rings. The highest BCUT2D eigenvalue weighted by molar-refractivity contribution is 7.10. The lowest BCUT2D eigenvalue weighted by molar-refractivity contribution is 0.102. The molecule has 2 aromatic heterocycles. The zero-order chi connectivity index (χ0) is 23.4. The Morgan fingerprint density at radius 2 is 1.76 bits per heavy atom. The fourth-order valence-electron chi connectivity index (χ4n) is 3.11. The van der Waals surface area contributed by atoms with Crippen molar-refractivity contribution < 1.29 is 19.0 Å². The number of benzene rings is 2. The quantitative estimate of drug-likeness (QED) is 0.418. The second kappa shape index (κ2) is 9.65. The second-order valence-electron chi connectivity index (χ2n) is 6.84. The van der Waals surface area contributed by atoms with Crippen LogP contribution in [0.5, 0.6) is 17.2 Å². The molecule has 0 bridgehead atoms. The van der Waals surface area contributed by atoms with Crippen LogP contribution < -0.4 is 19.5 Å². The Morgan fingerprint density at radius 3 is 2.39 bits per heavy atom. The van der Waals surface area contributed by atoms with Crippen molar-refractivity contribution in [3.8, 4) is 34.5 Å². The van der Waals surface area contributed by atoms with Crippen LogP contribution >= 0.6 is 11.5 Å². The smallest absolute Gasteiger partial charge is 0.257 e. The van der Waals surface area contributed by atoms with Gasteiger partial charge < -0.3 is 14.2 Å². The number of amides is 1. The van der Waals surface area contributed by atoms with Crippen molar-refractivity contribution in [3.05, 3.63) is 53.7 Å². The minimum absolute atomic E-state index is 0.340. The first-order chi connectivity index (χ1) is 16.0. The van der Waals surface area contributed by atoms with E-state index in [1.165, 1.54) is 14.2 Å². The number of methoxy groups -OCH3 is 2. The van der Waals surface area contributed by atoms with Crippen LogP contribution in [-0.4, -0.2) is 51.1 Å². The third-order valence-corrected chi connectivity index (χ3v) is 5.39. The summed E-state index contributed by atoms with van der Waals surface area (Å²) in [5.41, 5.74) is 2.52. The van der Waals surface area contributed by atoms with E-state index in [0.717, 1.165) is 28.7 Å². The van der Waals surface area contributed by atoms with Crippen LogP contribution in [0.15, 0.2) is 42.5 Å². The highest BCUT2D eigenvalue weighted by Gasteiger charge is 2.18. The number of carbonyl (C=O) groups excluding carboxylic acids is 1. The van der Waals surface area contributed by atoms with E-state index >= 15 is 0 Å². The van der Waals surface area contributed by atoms with Crippen LogP contribution in [0.3, 0.4) is 0 Å². The number of nitrogens with one attached hydrogen (secondary N) is 1. The Bertz CT molecular complexity index is 1250. The van der Waals surface area contributed by atoms with E-state index in [0.29, 0.717) is 40.3 Å². The fraction of sp³-hybridized carbons (Fsp3) is 0.227. The zero-order valence-corrected chi connectivity index (χ0v) is 19.3. The van der Waals surface area contributed by atoms with E-state index in [1.807, 2.05) is 38.1 Å². The average Bonchev–Trinajstić information content (AvgIpc) is 3.45. The lowest BCUT2D eigenvalue weighted by Gasteiger charge is -2.07. The first-order valence-electron chi connectivity index (χ1n) is 10.1. The molecular weight excluding hydrogens is 444 g/mol. The zero-order valence-electron chi connectivity index (χ0n) is 18.5. The van der Waals surface area contributed by atoms with Crippen LogP contribution in [0.25, 0.3) is 17.2 Å². The molecule has 33 heavy (non-hydrogen) atoms. The Kier molecular flexibility index (Phi) is 6.50. The molecule has 170 valence electrons. The van der Waals surface area contributed by atoms with Gasteiger partial charge >= 0.3 is 0 Å². The summed E-state index contributed by atoms with van der Waals surface area (Å²) < 4.78 is 22.0. The first kappa shape index (κ1) is 22.2. The third kappa shape index (κ3) is 4.77. The van der Waals surface area contributed by atoms with E-state index < -0.39 is 0 Å². The minimum atomic E-state index is -0.357. The maximum Gasteiger partial charge on any atom is 0.257 e. The molecule has 0 atom stereocenters. The Labute approximate surface area is 194 Å². The predicted molar refractivity (Wildman–Crippen MR) is 124 cm³/mol. The number of rotatable bonds is 8. The van der Waals surface area contributed by atoms with E-state index in [2.05, 4.69) is 25.0 Å². The summed E-state index contributed by atoms with van der Waals surface area (Å²) in [6, 6.07) is 12.5. The molecule has 10 nitrogen and oxygen atoms in total. The minimum Gasteiger partial charge on any atom is -0.497 e. The van der Waals surface area contributed by atoms with Crippen LogP contribution in [0.1, 0.15) is 23.0 Å². The van der Waals surface area contributed by atoms with Gasteiger partial charge in [-0.1, -0.05) is 5.21 Å². The van der Waals surface area contributed by atoms with Gasteiger partial charge in [0, 0.05) is 23.2 Å². The van der Waals surface area contributed by atoms with Gasteiger partial charge in [0.05, 0.1) is 32.2 Å². The SMILES string of the molecule is CCOc1ccc(-n2nnc(-c3nsc(NC(=O)c4cc(OC)cc(OC)c4)n3)c2C)cc1. The normalized spacial score (nSPS) is 10.7. The van der Waals surface area contributed by atoms with Crippen LogP contribution in [0.2, 0.25) is 0 Å². The van der Waals surface area contributed by atoms with Crippen LogP contribution in [0.4, 0.5) is 5.13 Å². The van der Waals surface area contributed by atoms with Gasteiger partial charge in [0.15, 0.2) is 11.5 Å². The molecule has 0 fully saturated rings. The van der Waals surface area contributed by atoms with Crippen molar-refractivity contribution >= 4 is 22.6 Å². The molecule has 1 N–H and O–H groups in total. The van der Waals surface area contributed by atoms with E-state index in [-0.39, 0.29) is 5.91 Å². The van der Waals surface area contributed by atoms with Gasteiger partial charge in [0.2, 0.25) is 5.13 Å². The summed E-state index contributed by atoms with van der Waals surface area (Å²) in [6.45, 7) is 4.42. The molecule has 0 unspecified atom stereocenters. The van der Waals surface area contributed by atoms with Gasteiger partial charge in [0.1, 0.15) is 17.2 Å². The molecule has 2 heterocycles. The van der Waals surface area contributed by atoms with Crippen molar-refractivity contribution in [1.29, 1.82) is 0 Å². The largest absolute Gasteiger partial charge is 0.497 e. The number of carbonyl (C=O) groups is 1. The number of anilines is 1. The summed E-state index contributed by atoms with van der Waals surface area (Å²) in [6.07, 6.45) is 0. The second-order valence-corrected chi connectivity index (χ2v) is 7.59. The van der Waals surface area contributed by atoms with Crippen molar-refractivity contribution in [2.24, 2.45) is 0 Å². The Balaban J connectivity index is 1.53. The predicted octanol–water partition coefficient (Wildman–Crippen LogP) is 3.76. The standard InChI is InChI=1S/C22H22N6O4S/c1-5-32-16-8-6-15(7-9-16)28-13(2)19(25-27-28)20-23-22(33-26-20)24-21(29)14-10-17(30-3)12-18(11-14)31-4/h6-12H,5H2,1-4H3,(H,23,24,26,29). The first-order valence-corrected chi connectivity index (χ1v) is 10.8. The van der Waals surface area contributed by atoms with Gasteiger partial charge in [-0.2, -0.15) is 9.36 Å². The number of hydrogen-bond donors (Lipinski definition) is 1. The van der Waals surface area contributed by atoms with Crippen LogP contribution in [-0.2, 0) is 0 Å². The molecule has 1 amide bonds. The molecule has 11 heteroatoms. The van der Waals surface area contributed by atoms with Crippen molar-refractivity contribution in [2.75, 3.05) is 26.1 Å². The third-order valence-electron chi connectivity index (χ3n) is 4.76. The lowest BCUT2D eigenvalue weighted by atomic mass is 10.2. The molecule has 0 spiro atoms. The number of ether oxygens (including phenoxy) is 3. The lowest BCUT2D eigenvalue weighted by Crippen LogP contribution is -2.12. The topological polar surface area (TPSA) is 113 Å². The van der Waals surface area contributed by atoms with Gasteiger partial charge in [-0.15, -0.1) is 5.10 Å².